The third kappa shape index (κ3) is 14.6. The van der Waals surface area contributed by atoms with Crippen molar-refractivity contribution in [3.8, 4) is 0 Å². The molecule has 0 aliphatic rings. The van der Waals surface area contributed by atoms with Crippen LogP contribution in [0.4, 0.5) is 11.6 Å². The molecule has 0 aliphatic carbocycles. The van der Waals surface area contributed by atoms with E-state index in [9.17, 15) is 29.1 Å². The van der Waals surface area contributed by atoms with Crippen LogP contribution in [0.1, 0.15) is 80.8 Å². The lowest BCUT2D eigenvalue weighted by Gasteiger charge is -2.12. The summed E-state index contributed by atoms with van der Waals surface area (Å²) in [5.41, 5.74) is 6.77. The van der Waals surface area contributed by atoms with Gasteiger partial charge in [0.2, 0.25) is 5.95 Å². The highest BCUT2D eigenvalue weighted by Crippen LogP contribution is 2.19. The summed E-state index contributed by atoms with van der Waals surface area (Å²) in [4.78, 5) is 75.2. The number of carbonyl (C=O) groups is 4. The zero-order chi connectivity index (χ0) is 35.4. The first-order chi connectivity index (χ1) is 23.7. The van der Waals surface area contributed by atoms with Crippen molar-refractivity contribution >= 4 is 46.1 Å². The van der Waals surface area contributed by atoms with Crippen LogP contribution in [0.15, 0.2) is 35.3 Å². The molecule has 15 nitrogen and oxygen atoms in total. The van der Waals surface area contributed by atoms with Crippen LogP contribution in [-0.2, 0) is 35.1 Å². The summed E-state index contributed by atoms with van der Waals surface area (Å²) in [6.07, 6.45) is 4.93. The minimum Gasteiger partial charge on any atom is -0.481 e. The number of carboxylic acid groups (broad SMARTS) is 1. The molecule has 0 radical (unpaired) electrons. The quantitative estimate of drug-likeness (QED) is 0.0702. The maximum absolute atomic E-state index is 12.8. The zero-order valence-corrected chi connectivity index (χ0v) is 27.9. The molecule has 49 heavy (non-hydrogen) atoms. The third-order valence-corrected chi connectivity index (χ3v) is 7.48. The summed E-state index contributed by atoms with van der Waals surface area (Å²) < 4.78 is 16.4. The van der Waals surface area contributed by atoms with E-state index in [-0.39, 0.29) is 66.7 Å². The van der Waals surface area contributed by atoms with Crippen LogP contribution in [0.2, 0.25) is 0 Å². The molecule has 0 fully saturated rings. The van der Waals surface area contributed by atoms with Gasteiger partial charge in [-0.25, -0.2) is 9.97 Å². The Bertz CT molecular complexity index is 1580. The number of ether oxygens (including phenoxy) is 3. The number of H-pyrrole nitrogens is 1. The summed E-state index contributed by atoms with van der Waals surface area (Å²) >= 11 is 0. The van der Waals surface area contributed by atoms with E-state index in [1.54, 1.807) is 24.3 Å². The molecule has 0 amide bonds. The van der Waals surface area contributed by atoms with E-state index in [2.05, 4.69) is 25.3 Å². The number of rotatable bonds is 26. The zero-order valence-electron chi connectivity index (χ0n) is 27.9. The number of nitrogens with one attached hydrogen (secondary N) is 2. The molecule has 266 valence electrons. The standard InChI is InChI=1S/C34H46N6O9/c1-2-5-27(41)6-3-14-47-16-18-49-19-17-48-15-4-7-28(42)13-10-24(33(45)46)20-29(43)23-8-11-25(12-9-23)36-21-26-22-37-31-30(38-26)32(44)40-34(35)39-31/h8-9,11-12,22,24,36H,2-7,10,13-21H2,1H3,(H,45,46)(H3,35,37,39,40,44)/t24-/m1/s1. The second-order valence-corrected chi connectivity index (χ2v) is 11.5. The summed E-state index contributed by atoms with van der Waals surface area (Å²) in [5, 5.41) is 12.8. The highest BCUT2D eigenvalue weighted by Gasteiger charge is 2.23. The fraction of sp³-hybridized carbons (Fsp3) is 0.529. The lowest BCUT2D eigenvalue weighted by molar-refractivity contribution is -0.142. The van der Waals surface area contributed by atoms with Gasteiger partial charge in [0.25, 0.3) is 5.56 Å². The molecule has 5 N–H and O–H groups in total. The molecule has 0 saturated carbocycles. The highest BCUT2D eigenvalue weighted by atomic mass is 16.5. The first-order valence-corrected chi connectivity index (χ1v) is 16.5. The average Bonchev–Trinajstić information content (AvgIpc) is 3.07. The van der Waals surface area contributed by atoms with Crippen molar-refractivity contribution in [1.82, 2.24) is 19.9 Å². The molecule has 1 atom stereocenters. The number of ketones is 3. The Morgan fingerprint density at radius 2 is 1.49 bits per heavy atom. The minimum absolute atomic E-state index is 0.0464. The third-order valence-electron chi connectivity index (χ3n) is 7.48. The van der Waals surface area contributed by atoms with E-state index in [0.29, 0.717) is 75.8 Å². The van der Waals surface area contributed by atoms with Gasteiger partial charge in [0.05, 0.1) is 50.8 Å². The molecular formula is C34H46N6O9. The molecule has 0 unspecified atom stereocenters. The van der Waals surface area contributed by atoms with Crippen molar-refractivity contribution in [2.45, 2.75) is 71.3 Å². The number of nitrogen functional groups attached to an aromatic ring is 1. The predicted octanol–water partition coefficient (Wildman–Crippen LogP) is 3.51. The van der Waals surface area contributed by atoms with Crippen molar-refractivity contribution in [1.29, 1.82) is 0 Å². The largest absolute Gasteiger partial charge is 0.481 e. The molecule has 3 rings (SSSR count). The van der Waals surface area contributed by atoms with Crippen molar-refractivity contribution in [3.63, 3.8) is 0 Å². The Balaban J connectivity index is 1.27. The molecular weight excluding hydrogens is 636 g/mol. The summed E-state index contributed by atoms with van der Waals surface area (Å²) in [5.74, 6) is -2.29. The minimum atomic E-state index is -1.12. The van der Waals surface area contributed by atoms with Crippen LogP contribution in [0, 0.1) is 5.92 Å². The number of benzene rings is 1. The molecule has 0 bridgehead atoms. The highest BCUT2D eigenvalue weighted by molar-refractivity contribution is 5.98. The molecule has 0 saturated heterocycles. The van der Waals surface area contributed by atoms with Gasteiger partial charge in [-0.15, -0.1) is 0 Å². The van der Waals surface area contributed by atoms with Crippen molar-refractivity contribution in [2.24, 2.45) is 5.92 Å². The van der Waals surface area contributed by atoms with Crippen molar-refractivity contribution < 1.29 is 38.5 Å². The summed E-state index contributed by atoms with van der Waals surface area (Å²) in [6, 6.07) is 6.55. The van der Waals surface area contributed by atoms with Crippen LogP contribution in [0.25, 0.3) is 11.2 Å². The maximum Gasteiger partial charge on any atom is 0.306 e. The number of carboxylic acids is 1. The normalized spacial score (nSPS) is 11.8. The Morgan fingerprint density at radius 1 is 0.878 bits per heavy atom. The fourth-order valence-corrected chi connectivity index (χ4v) is 4.83. The first kappa shape index (κ1) is 38.8. The number of aromatic nitrogens is 4. The van der Waals surface area contributed by atoms with Crippen molar-refractivity contribution in [3.05, 3.63) is 52.1 Å². The molecule has 1 aromatic carbocycles. The van der Waals surface area contributed by atoms with Gasteiger partial charge in [0.1, 0.15) is 11.6 Å². The van der Waals surface area contributed by atoms with Gasteiger partial charge in [-0.2, -0.15) is 4.98 Å². The Morgan fingerprint density at radius 3 is 2.10 bits per heavy atom. The van der Waals surface area contributed by atoms with Gasteiger partial charge < -0.3 is 30.4 Å². The smallest absolute Gasteiger partial charge is 0.306 e. The monoisotopic (exact) mass is 682 g/mol. The van der Waals surface area contributed by atoms with Crippen LogP contribution in [-0.4, -0.2) is 88.0 Å². The van der Waals surface area contributed by atoms with Gasteiger partial charge in [-0.3, -0.25) is 29.0 Å². The lowest BCUT2D eigenvalue weighted by Crippen LogP contribution is -2.19. The van der Waals surface area contributed by atoms with Gasteiger partial charge >= 0.3 is 5.97 Å². The summed E-state index contributed by atoms with van der Waals surface area (Å²) in [7, 11) is 0. The number of aromatic amines is 1. The number of aliphatic carboxylic acids is 1. The number of hydrogen-bond acceptors (Lipinski definition) is 13. The van der Waals surface area contributed by atoms with Crippen LogP contribution in [0.3, 0.4) is 0 Å². The van der Waals surface area contributed by atoms with E-state index in [0.717, 1.165) is 12.8 Å². The van der Waals surface area contributed by atoms with E-state index in [1.807, 2.05) is 6.92 Å². The number of Topliss-reactive ketones (excluding diaryl/α,β-unsaturated/α-hetero) is 3. The number of fused-ring (bicyclic) bond motifs is 1. The number of hydrogen-bond donors (Lipinski definition) is 4. The topological polar surface area (TPSA) is 226 Å². The Kier molecular flexibility index (Phi) is 17.0. The van der Waals surface area contributed by atoms with Gasteiger partial charge in [-0.05, 0) is 49.9 Å². The Hall–Kier alpha value is -4.60. The first-order valence-electron chi connectivity index (χ1n) is 16.5. The van der Waals surface area contributed by atoms with Crippen LogP contribution in [0.5, 0.6) is 0 Å². The van der Waals surface area contributed by atoms with E-state index < -0.39 is 17.4 Å². The number of nitrogens with two attached hydrogens (primary N) is 1. The molecule has 0 spiro atoms. The molecule has 2 aromatic heterocycles. The number of anilines is 2. The van der Waals surface area contributed by atoms with Gasteiger partial charge in [-0.1, -0.05) is 6.92 Å². The SMILES string of the molecule is CCCC(=O)CCCOCCOCCOCCCC(=O)CC[C@H](CC(=O)c1ccc(NCc2cnc3nc(N)[nH]c(=O)c3n2)cc1)C(=O)O. The number of nitrogens with zero attached hydrogens (tertiary/aromatic N) is 3. The van der Waals surface area contributed by atoms with Crippen LogP contribution >= 0.6 is 0 Å². The average molecular weight is 683 g/mol. The van der Waals surface area contributed by atoms with E-state index in [4.69, 9.17) is 19.9 Å². The van der Waals surface area contributed by atoms with Crippen LogP contribution < -0.4 is 16.6 Å². The number of carbonyl (C=O) groups excluding carboxylic acids is 3. The molecule has 2 heterocycles. The van der Waals surface area contributed by atoms with Gasteiger partial charge in [0, 0.05) is 56.6 Å². The van der Waals surface area contributed by atoms with Crippen molar-refractivity contribution in [2.75, 3.05) is 50.7 Å². The predicted molar refractivity (Wildman–Crippen MR) is 181 cm³/mol. The van der Waals surface area contributed by atoms with E-state index in [1.165, 1.54) is 6.20 Å². The van der Waals surface area contributed by atoms with E-state index >= 15 is 0 Å². The molecule has 3 aromatic rings. The molecule has 15 heteroatoms. The van der Waals surface area contributed by atoms with Gasteiger partial charge in [0.15, 0.2) is 16.9 Å². The second kappa shape index (κ2) is 21.4. The fourth-order valence-electron chi connectivity index (χ4n) is 4.83. The lowest BCUT2D eigenvalue weighted by atomic mass is 9.92. The Labute approximate surface area is 284 Å². The summed E-state index contributed by atoms with van der Waals surface area (Å²) in [6.45, 7) is 4.82. The second-order valence-electron chi connectivity index (χ2n) is 11.5. The molecule has 0 aliphatic heterocycles. The maximum atomic E-state index is 12.8.